The summed E-state index contributed by atoms with van der Waals surface area (Å²) in [5.74, 6) is 0.0347. The lowest BCUT2D eigenvalue weighted by Crippen LogP contribution is -2.45. The second-order valence-corrected chi connectivity index (χ2v) is 5.03. The molecule has 104 valence electrons. The molecule has 1 aliphatic heterocycles. The first-order chi connectivity index (χ1) is 9.79. The number of rotatable bonds is 3. The van der Waals surface area contributed by atoms with Crippen molar-refractivity contribution in [3.63, 3.8) is 0 Å². The number of aromatic nitrogens is 1. The second kappa shape index (κ2) is 5.69. The molecule has 1 fully saturated rings. The van der Waals surface area contributed by atoms with Crippen LogP contribution in [-0.2, 0) is 4.74 Å². The lowest BCUT2D eigenvalue weighted by molar-refractivity contribution is -0.0147. The predicted molar refractivity (Wildman–Crippen MR) is 77.9 cm³/mol. The van der Waals surface area contributed by atoms with Crippen LogP contribution in [-0.4, -0.2) is 48.0 Å². The Morgan fingerprint density at radius 2 is 2.25 bits per heavy atom. The summed E-state index contributed by atoms with van der Waals surface area (Å²) in [6, 6.07) is 7.83. The highest BCUT2D eigenvalue weighted by molar-refractivity contribution is 6.09. The summed E-state index contributed by atoms with van der Waals surface area (Å²) >= 11 is 0. The zero-order valence-electron chi connectivity index (χ0n) is 11.6. The quantitative estimate of drug-likeness (QED) is 0.801. The van der Waals surface area contributed by atoms with E-state index in [9.17, 15) is 4.79 Å². The Labute approximate surface area is 118 Å². The zero-order valence-corrected chi connectivity index (χ0v) is 11.6. The molecular formula is C16H18N2O2. The van der Waals surface area contributed by atoms with Crippen LogP contribution in [0.15, 0.2) is 36.7 Å². The highest BCUT2D eigenvalue weighted by Crippen LogP contribution is 2.20. The van der Waals surface area contributed by atoms with E-state index in [-0.39, 0.29) is 11.9 Å². The number of benzene rings is 1. The topological polar surface area (TPSA) is 42.4 Å². The number of ketones is 1. The van der Waals surface area contributed by atoms with Crippen molar-refractivity contribution in [3.05, 3.63) is 42.2 Å². The molecule has 1 unspecified atom stereocenters. The van der Waals surface area contributed by atoms with Gasteiger partial charge < -0.3 is 4.74 Å². The summed E-state index contributed by atoms with van der Waals surface area (Å²) in [6.07, 6.45) is 3.06. The molecule has 20 heavy (non-hydrogen) atoms. The lowest BCUT2D eigenvalue weighted by Gasteiger charge is -2.31. The third-order valence-electron chi connectivity index (χ3n) is 3.82. The largest absolute Gasteiger partial charge is 0.367 e. The molecule has 1 aliphatic rings. The van der Waals surface area contributed by atoms with Crippen LogP contribution in [0, 0.1) is 0 Å². The standard InChI is InChI=1S/C16H18N2O2/c1-2-18-7-8-20-15(11-18)16(19)14-10-17-9-12-5-3-4-6-13(12)14/h3-6,9-10,15H,2,7-8,11H2,1H3. The summed E-state index contributed by atoms with van der Waals surface area (Å²) in [5, 5.41) is 1.94. The minimum Gasteiger partial charge on any atom is -0.367 e. The summed E-state index contributed by atoms with van der Waals surface area (Å²) in [7, 11) is 0. The van der Waals surface area contributed by atoms with Crippen molar-refractivity contribution in [2.75, 3.05) is 26.2 Å². The Morgan fingerprint density at radius 3 is 3.10 bits per heavy atom. The average molecular weight is 270 g/mol. The van der Waals surface area contributed by atoms with Gasteiger partial charge in [0.15, 0.2) is 5.78 Å². The van der Waals surface area contributed by atoms with Gasteiger partial charge in [-0.2, -0.15) is 0 Å². The maximum Gasteiger partial charge on any atom is 0.195 e. The van der Waals surface area contributed by atoms with E-state index < -0.39 is 0 Å². The van der Waals surface area contributed by atoms with E-state index in [2.05, 4.69) is 16.8 Å². The van der Waals surface area contributed by atoms with Gasteiger partial charge in [0.2, 0.25) is 0 Å². The van der Waals surface area contributed by atoms with E-state index >= 15 is 0 Å². The fourth-order valence-electron chi connectivity index (χ4n) is 2.63. The molecule has 0 aliphatic carbocycles. The van der Waals surface area contributed by atoms with Crippen LogP contribution in [0.1, 0.15) is 17.3 Å². The number of likely N-dealkylation sites (N-methyl/N-ethyl adjacent to an activating group) is 1. The van der Waals surface area contributed by atoms with Crippen LogP contribution in [0.3, 0.4) is 0 Å². The summed E-state index contributed by atoms with van der Waals surface area (Å²) in [5.41, 5.74) is 0.658. The van der Waals surface area contributed by atoms with Crippen molar-refractivity contribution in [2.24, 2.45) is 0 Å². The molecule has 1 atom stereocenters. The third-order valence-corrected chi connectivity index (χ3v) is 3.82. The van der Waals surface area contributed by atoms with Gasteiger partial charge in [-0.1, -0.05) is 31.2 Å². The van der Waals surface area contributed by atoms with Gasteiger partial charge >= 0.3 is 0 Å². The van der Waals surface area contributed by atoms with Crippen LogP contribution >= 0.6 is 0 Å². The molecule has 3 rings (SSSR count). The van der Waals surface area contributed by atoms with Crippen molar-refractivity contribution in [2.45, 2.75) is 13.0 Å². The predicted octanol–water partition coefficient (Wildman–Crippen LogP) is 2.14. The number of fused-ring (bicyclic) bond motifs is 1. The Balaban J connectivity index is 1.92. The number of pyridine rings is 1. The molecule has 2 aromatic rings. The second-order valence-electron chi connectivity index (χ2n) is 5.03. The van der Waals surface area contributed by atoms with Crippen LogP contribution in [0.5, 0.6) is 0 Å². The Morgan fingerprint density at radius 1 is 1.40 bits per heavy atom. The van der Waals surface area contributed by atoms with Gasteiger partial charge in [0.05, 0.1) is 6.61 Å². The number of Topliss-reactive ketones (excluding diaryl/α,β-unsaturated/α-hetero) is 1. The fraction of sp³-hybridized carbons (Fsp3) is 0.375. The molecule has 0 radical (unpaired) electrons. The van der Waals surface area contributed by atoms with Crippen molar-refractivity contribution < 1.29 is 9.53 Å². The Bertz CT molecular complexity index is 621. The fourth-order valence-corrected chi connectivity index (χ4v) is 2.63. The van der Waals surface area contributed by atoms with E-state index in [0.717, 1.165) is 23.9 Å². The summed E-state index contributed by atoms with van der Waals surface area (Å²) in [4.78, 5) is 19.1. The number of hydrogen-bond donors (Lipinski definition) is 0. The Kier molecular flexibility index (Phi) is 3.76. The van der Waals surface area contributed by atoms with Crippen LogP contribution in [0.4, 0.5) is 0 Å². The van der Waals surface area contributed by atoms with Gasteiger partial charge in [-0.3, -0.25) is 14.7 Å². The van der Waals surface area contributed by atoms with Gasteiger partial charge in [-0.05, 0) is 11.9 Å². The number of carbonyl (C=O) groups excluding carboxylic acids is 1. The molecule has 2 heterocycles. The first kappa shape index (κ1) is 13.2. The van der Waals surface area contributed by atoms with Crippen molar-refractivity contribution in [1.82, 2.24) is 9.88 Å². The molecule has 4 nitrogen and oxygen atoms in total. The summed E-state index contributed by atoms with van der Waals surface area (Å²) in [6.45, 7) is 5.22. The average Bonchev–Trinajstić information content (AvgIpc) is 2.53. The molecule has 0 amide bonds. The number of nitrogens with zero attached hydrogens (tertiary/aromatic N) is 2. The van der Waals surface area contributed by atoms with E-state index in [1.807, 2.05) is 24.3 Å². The molecule has 4 heteroatoms. The van der Waals surface area contributed by atoms with Crippen molar-refractivity contribution >= 4 is 16.6 Å². The SMILES string of the molecule is CCN1CCOC(C(=O)c2cncc3ccccc23)C1. The molecule has 0 spiro atoms. The lowest BCUT2D eigenvalue weighted by atomic mass is 10.0. The van der Waals surface area contributed by atoms with Gasteiger partial charge in [0.1, 0.15) is 6.10 Å². The molecule has 1 aromatic heterocycles. The monoisotopic (exact) mass is 270 g/mol. The van der Waals surface area contributed by atoms with Crippen LogP contribution in [0.25, 0.3) is 10.8 Å². The van der Waals surface area contributed by atoms with Crippen molar-refractivity contribution in [3.8, 4) is 0 Å². The summed E-state index contributed by atoms with van der Waals surface area (Å²) < 4.78 is 5.66. The molecule has 0 bridgehead atoms. The molecule has 0 saturated carbocycles. The normalized spacial score (nSPS) is 20.1. The van der Waals surface area contributed by atoms with Gasteiger partial charge in [-0.15, -0.1) is 0 Å². The molecule has 1 aromatic carbocycles. The minimum atomic E-state index is -0.378. The van der Waals surface area contributed by atoms with Crippen molar-refractivity contribution in [1.29, 1.82) is 0 Å². The van der Waals surface area contributed by atoms with E-state index in [1.54, 1.807) is 12.4 Å². The maximum absolute atomic E-state index is 12.7. The highest BCUT2D eigenvalue weighted by atomic mass is 16.5. The van der Waals surface area contributed by atoms with Crippen LogP contribution < -0.4 is 0 Å². The minimum absolute atomic E-state index is 0.0347. The highest BCUT2D eigenvalue weighted by Gasteiger charge is 2.27. The van der Waals surface area contributed by atoms with Gasteiger partial charge in [0, 0.05) is 36.4 Å². The maximum atomic E-state index is 12.7. The van der Waals surface area contributed by atoms with E-state index in [0.29, 0.717) is 18.7 Å². The molecular weight excluding hydrogens is 252 g/mol. The Hall–Kier alpha value is -1.78. The van der Waals surface area contributed by atoms with Crippen LogP contribution in [0.2, 0.25) is 0 Å². The number of hydrogen-bond acceptors (Lipinski definition) is 4. The number of morpholine rings is 1. The smallest absolute Gasteiger partial charge is 0.195 e. The van der Waals surface area contributed by atoms with E-state index in [1.165, 1.54) is 0 Å². The van der Waals surface area contributed by atoms with E-state index in [4.69, 9.17) is 4.74 Å². The zero-order chi connectivity index (χ0) is 13.9. The molecule has 1 saturated heterocycles. The first-order valence-electron chi connectivity index (χ1n) is 7.00. The van der Waals surface area contributed by atoms with Gasteiger partial charge in [0.25, 0.3) is 0 Å². The van der Waals surface area contributed by atoms with Gasteiger partial charge in [-0.25, -0.2) is 0 Å². The third kappa shape index (κ3) is 2.44. The molecule has 0 N–H and O–H groups in total. The first-order valence-corrected chi connectivity index (χ1v) is 7.00. The number of ether oxygens (including phenoxy) is 1. The number of carbonyl (C=O) groups is 1.